The van der Waals surface area contributed by atoms with Crippen LogP contribution < -0.4 is 0 Å². The summed E-state index contributed by atoms with van der Waals surface area (Å²) in [6.45, 7) is 3.19. The quantitative estimate of drug-likeness (QED) is 0.794. The average Bonchev–Trinajstić information content (AvgIpc) is 3.27. The number of amides is 2. The van der Waals surface area contributed by atoms with E-state index in [0.29, 0.717) is 31.0 Å². The summed E-state index contributed by atoms with van der Waals surface area (Å²) in [4.78, 5) is 31.1. The maximum absolute atomic E-state index is 13.9. The predicted molar refractivity (Wildman–Crippen MR) is 98.5 cm³/mol. The molecule has 0 N–H and O–H groups in total. The van der Waals surface area contributed by atoms with E-state index in [-0.39, 0.29) is 36.4 Å². The molecular formula is C21H25F2N3O2. The molecule has 2 amide bonds. The highest BCUT2D eigenvalue weighted by Gasteiger charge is 2.54. The van der Waals surface area contributed by atoms with Crippen LogP contribution in [0.15, 0.2) is 18.2 Å². The minimum Gasteiger partial charge on any atom is -0.336 e. The minimum atomic E-state index is -0.574. The number of nitrogens with zero attached hydrogens (tertiary/aromatic N) is 3. The number of carbonyl (C=O) groups is 2. The third-order valence-electron chi connectivity index (χ3n) is 7.13. The van der Waals surface area contributed by atoms with Crippen molar-refractivity contribution in [1.82, 2.24) is 14.7 Å². The Bertz CT molecular complexity index is 789. The van der Waals surface area contributed by atoms with Crippen molar-refractivity contribution in [2.45, 2.75) is 43.7 Å². The fourth-order valence-corrected chi connectivity index (χ4v) is 5.91. The first kappa shape index (κ1) is 18.0. The van der Waals surface area contributed by atoms with Gasteiger partial charge in [0, 0.05) is 37.5 Å². The highest BCUT2D eigenvalue weighted by molar-refractivity contribution is 5.86. The van der Waals surface area contributed by atoms with E-state index in [1.165, 1.54) is 12.1 Å². The summed E-state index contributed by atoms with van der Waals surface area (Å²) >= 11 is 0. The molecule has 0 unspecified atom stereocenters. The number of hydrogen-bond donors (Lipinski definition) is 0. The molecule has 3 atom stereocenters. The molecule has 5 aliphatic rings. The van der Waals surface area contributed by atoms with E-state index in [4.69, 9.17) is 0 Å². The molecule has 28 heavy (non-hydrogen) atoms. The molecule has 0 aliphatic carbocycles. The summed E-state index contributed by atoms with van der Waals surface area (Å²) in [7, 11) is 0. The van der Waals surface area contributed by atoms with Gasteiger partial charge in [-0.05, 0) is 56.0 Å². The highest BCUT2D eigenvalue weighted by atomic mass is 19.1. The fraction of sp³-hybridized carbons (Fsp3) is 0.619. The smallest absolute Gasteiger partial charge is 0.242 e. The summed E-state index contributed by atoms with van der Waals surface area (Å²) in [6.07, 6.45) is 3.43. The van der Waals surface area contributed by atoms with Crippen LogP contribution in [0, 0.1) is 17.6 Å². The van der Waals surface area contributed by atoms with Crippen LogP contribution >= 0.6 is 0 Å². The van der Waals surface area contributed by atoms with E-state index >= 15 is 0 Å². The van der Waals surface area contributed by atoms with E-state index in [1.54, 1.807) is 4.90 Å². The summed E-state index contributed by atoms with van der Waals surface area (Å²) in [5.74, 6) is -0.807. The number of benzene rings is 1. The molecule has 5 heterocycles. The van der Waals surface area contributed by atoms with E-state index < -0.39 is 11.6 Å². The number of carbonyl (C=O) groups excluding carboxylic acids is 2. The molecule has 0 radical (unpaired) electrons. The van der Waals surface area contributed by atoms with Gasteiger partial charge >= 0.3 is 0 Å². The van der Waals surface area contributed by atoms with Gasteiger partial charge in [0.05, 0.1) is 12.6 Å². The van der Waals surface area contributed by atoms with Gasteiger partial charge in [0.1, 0.15) is 11.6 Å². The second-order valence-electron chi connectivity index (χ2n) is 8.63. The number of piperidine rings is 3. The molecule has 0 saturated carbocycles. The normalized spacial score (nSPS) is 34.2. The zero-order valence-electron chi connectivity index (χ0n) is 15.8. The molecule has 5 nitrogen and oxygen atoms in total. The monoisotopic (exact) mass is 389 g/mol. The summed E-state index contributed by atoms with van der Waals surface area (Å²) in [5.41, 5.74) is 0.632. The lowest BCUT2D eigenvalue weighted by molar-refractivity contribution is -0.141. The van der Waals surface area contributed by atoms with Gasteiger partial charge < -0.3 is 9.80 Å². The van der Waals surface area contributed by atoms with Gasteiger partial charge in [0.25, 0.3) is 0 Å². The van der Waals surface area contributed by atoms with Crippen molar-refractivity contribution in [2.24, 2.45) is 5.92 Å². The van der Waals surface area contributed by atoms with Crippen molar-refractivity contribution in [3.63, 3.8) is 0 Å². The Morgan fingerprint density at radius 3 is 2.39 bits per heavy atom. The Morgan fingerprint density at radius 2 is 1.75 bits per heavy atom. The lowest BCUT2D eigenvalue weighted by Crippen LogP contribution is -2.61. The van der Waals surface area contributed by atoms with E-state index in [0.717, 1.165) is 38.4 Å². The first-order chi connectivity index (χ1) is 13.5. The first-order valence-electron chi connectivity index (χ1n) is 10.3. The molecule has 7 heteroatoms. The largest absolute Gasteiger partial charge is 0.336 e. The molecule has 1 aromatic rings. The van der Waals surface area contributed by atoms with E-state index in [2.05, 4.69) is 4.90 Å². The summed E-state index contributed by atoms with van der Waals surface area (Å²) in [5, 5.41) is 0. The topological polar surface area (TPSA) is 43.9 Å². The molecule has 1 aromatic carbocycles. The van der Waals surface area contributed by atoms with Crippen LogP contribution in [0.1, 0.15) is 37.2 Å². The Hall–Kier alpha value is -2.02. The molecule has 2 bridgehead atoms. The third-order valence-corrected chi connectivity index (χ3v) is 7.13. The second-order valence-corrected chi connectivity index (χ2v) is 8.63. The van der Waals surface area contributed by atoms with E-state index in [1.807, 2.05) is 4.90 Å². The van der Waals surface area contributed by atoms with Crippen molar-refractivity contribution in [2.75, 3.05) is 32.7 Å². The summed E-state index contributed by atoms with van der Waals surface area (Å²) in [6, 6.07) is 3.89. The van der Waals surface area contributed by atoms with Crippen LogP contribution in [0.25, 0.3) is 0 Å². The Labute approximate surface area is 163 Å². The molecular weight excluding hydrogens is 364 g/mol. The van der Waals surface area contributed by atoms with Crippen LogP contribution in [-0.4, -0.2) is 71.3 Å². The zero-order valence-corrected chi connectivity index (χ0v) is 15.8. The number of halogens is 2. The predicted octanol–water partition coefficient (Wildman–Crippen LogP) is 1.98. The minimum absolute atomic E-state index is 0.0293. The summed E-state index contributed by atoms with van der Waals surface area (Å²) < 4.78 is 27.8. The molecule has 6 rings (SSSR count). The standard InChI is InChI=1S/C21H25F2N3O2/c22-15-8-14(9-16(23)10-15)17-11-26(19(28)12-25-5-1-2-18(25)27)20-13-3-6-24(7-4-13)21(17)20/h8-10,13,17,20-21H,1-7,11-12H2/t17-,20+,21+/m0/s1. The molecule has 0 aromatic heterocycles. The van der Waals surface area contributed by atoms with Crippen molar-refractivity contribution in [3.05, 3.63) is 35.4 Å². The van der Waals surface area contributed by atoms with Gasteiger partial charge in [-0.2, -0.15) is 0 Å². The Morgan fingerprint density at radius 1 is 1.04 bits per heavy atom. The number of rotatable bonds is 3. The number of fused-ring (bicyclic) bond motifs is 2. The lowest BCUT2D eigenvalue weighted by atomic mass is 9.75. The van der Waals surface area contributed by atoms with Crippen molar-refractivity contribution in [1.29, 1.82) is 0 Å². The van der Waals surface area contributed by atoms with Gasteiger partial charge in [-0.15, -0.1) is 0 Å². The molecule has 5 fully saturated rings. The van der Waals surface area contributed by atoms with Gasteiger partial charge in [-0.1, -0.05) is 0 Å². The maximum Gasteiger partial charge on any atom is 0.242 e. The SMILES string of the molecule is O=C1CCCN1CC(=O)N1C[C@@H](c2cc(F)cc(F)c2)[C@@H]2[C@H]1C1CCN2CC1. The van der Waals surface area contributed by atoms with Crippen molar-refractivity contribution >= 4 is 11.8 Å². The first-order valence-corrected chi connectivity index (χ1v) is 10.3. The van der Waals surface area contributed by atoms with Gasteiger partial charge in [-0.25, -0.2) is 8.78 Å². The van der Waals surface area contributed by atoms with Gasteiger partial charge in [-0.3, -0.25) is 14.5 Å². The zero-order chi connectivity index (χ0) is 19.4. The van der Waals surface area contributed by atoms with E-state index in [9.17, 15) is 18.4 Å². The van der Waals surface area contributed by atoms with Crippen LogP contribution in [0.3, 0.4) is 0 Å². The van der Waals surface area contributed by atoms with Crippen LogP contribution in [-0.2, 0) is 9.59 Å². The second kappa shape index (κ2) is 6.79. The molecule has 5 saturated heterocycles. The molecule has 0 spiro atoms. The number of hydrogen-bond acceptors (Lipinski definition) is 3. The highest BCUT2D eigenvalue weighted by Crippen LogP contribution is 2.46. The molecule has 150 valence electrons. The Kier molecular flexibility index (Phi) is 4.38. The van der Waals surface area contributed by atoms with Crippen molar-refractivity contribution < 1.29 is 18.4 Å². The van der Waals surface area contributed by atoms with Crippen molar-refractivity contribution in [3.8, 4) is 0 Å². The van der Waals surface area contributed by atoms with Gasteiger partial charge in [0.15, 0.2) is 0 Å². The van der Waals surface area contributed by atoms with Crippen LogP contribution in [0.2, 0.25) is 0 Å². The maximum atomic E-state index is 13.9. The van der Waals surface area contributed by atoms with Gasteiger partial charge in [0.2, 0.25) is 11.8 Å². The lowest BCUT2D eigenvalue weighted by Gasteiger charge is -2.51. The number of likely N-dealkylation sites (tertiary alicyclic amines) is 2. The Balaban J connectivity index is 1.45. The average molecular weight is 389 g/mol. The fourth-order valence-electron chi connectivity index (χ4n) is 5.91. The van der Waals surface area contributed by atoms with Crippen LogP contribution in [0.5, 0.6) is 0 Å². The van der Waals surface area contributed by atoms with Crippen LogP contribution in [0.4, 0.5) is 8.78 Å². The molecule has 5 aliphatic heterocycles. The third kappa shape index (κ3) is 2.91.